The lowest BCUT2D eigenvalue weighted by Gasteiger charge is -2.23. The minimum absolute atomic E-state index is 0.0390. The van der Waals surface area contributed by atoms with Crippen LogP contribution in [0.2, 0.25) is 5.02 Å². The van der Waals surface area contributed by atoms with Crippen LogP contribution in [0.4, 0.5) is 5.69 Å². The van der Waals surface area contributed by atoms with E-state index in [1.165, 1.54) is 4.90 Å². The lowest BCUT2D eigenvalue weighted by atomic mass is 9.98. The zero-order valence-electron chi connectivity index (χ0n) is 17.9. The number of ether oxygens (including phenoxy) is 1. The summed E-state index contributed by atoms with van der Waals surface area (Å²) < 4.78 is 11.4. The van der Waals surface area contributed by atoms with E-state index >= 15 is 0 Å². The van der Waals surface area contributed by atoms with Crippen molar-refractivity contribution in [1.82, 2.24) is 0 Å². The third-order valence-electron chi connectivity index (χ3n) is 5.33. The van der Waals surface area contributed by atoms with Crippen LogP contribution in [0.3, 0.4) is 0 Å². The fourth-order valence-electron chi connectivity index (χ4n) is 3.84. The molecule has 1 N–H and O–H groups in total. The second-order valence-corrected chi connectivity index (χ2v) is 7.94. The highest BCUT2D eigenvalue weighted by molar-refractivity contribution is 6.51. The molecule has 1 fully saturated rings. The summed E-state index contributed by atoms with van der Waals surface area (Å²) in [7, 11) is 0. The average Bonchev–Trinajstić information content (AvgIpc) is 3.31. The van der Waals surface area contributed by atoms with Gasteiger partial charge in [0, 0.05) is 16.3 Å². The number of nitrogens with zero attached hydrogens (tertiary/aromatic N) is 1. The predicted molar refractivity (Wildman–Crippen MR) is 122 cm³/mol. The number of carbonyl (C=O) groups is 2. The fraction of sp³-hybridized carbons (Fsp3) is 0.200. The van der Waals surface area contributed by atoms with Gasteiger partial charge in [-0.3, -0.25) is 14.5 Å². The molecule has 0 spiro atoms. The van der Waals surface area contributed by atoms with E-state index in [-0.39, 0.29) is 11.3 Å². The average molecular weight is 452 g/mol. The molecule has 1 amide bonds. The van der Waals surface area contributed by atoms with E-state index in [0.717, 1.165) is 5.56 Å². The molecule has 7 heteroatoms. The number of aryl methyl sites for hydroxylation is 2. The molecule has 1 unspecified atom stereocenters. The number of anilines is 1. The summed E-state index contributed by atoms with van der Waals surface area (Å²) in [4.78, 5) is 27.5. The standard InChI is InChI=1S/C25H22ClNO5/c1-4-31-19-12-6-16(13-14(19)2)23(28)21-22(20-11-5-15(3)32-20)27(25(30)24(21)29)18-9-7-17(26)8-10-18/h5-13,22,28H,4H2,1-3H3/b23-21-. The molecule has 2 heterocycles. The Labute approximate surface area is 190 Å². The number of benzene rings is 2. The summed E-state index contributed by atoms with van der Waals surface area (Å²) >= 11 is 6.00. The Hall–Kier alpha value is -3.51. The van der Waals surface area contributed by atoms with Gasteiger partial charge in [-0.05, 0) is 80.9 Å². The molecule has 3 aromatic rings. The van der Waals surface area contributed by atoms with Crippen LogP contribution in [-0.2, 0) is 9.59 Å². The number of rotatable bonds is 5. The molecule has 0 bridgehead atoms. The molecule has 0 radical (unpaired) electrons. The molecule has 1 atom stereocenters. The first-order valence-corrected chi connectivity index (χ1v) is 10.6. The van der Waals surface area contributed by atoms with E-state index in [9.17, 15) is 14.7 Å². The topological polar surface area (TPSA) is 80.0 Å². The Kier molecular flexibility index (Phi) is 5.80. The van der Waals surface area contributed by atoms with E-state index in [1.54, 1.807) is 61.5 Å². The number of halogens is 1. The second-order valence-electron chi connectivity index (χ2n) is 7.51. The van der Waals surface area contributed by atoms with E-state index < -0.39 is 17.7 Å². The van der Waals surface area contributed by atoms with Gasteiger partial charge in [-0.15, -0.1) is 0 Å². The number of ketones is 1. The van der Waals surface area contributed by atoms with Crippen LogP contribution in [0.5, 0.6) is 5.75 Å². The van der Waals surface area contributed by atoms with Crippen molar-refractivity contribution in [3.8, 4) is 5.75 Å². The Bertz CT molecular complexity index is 1230. The molecular weight excluding hydrogens is 430 g/mol. The molecule has 6 nitrogen and oxygen atoms in total. The van der Waals surface area contributed by atoms with Crippen molar-refractivity contribution in [2.75, 3.05) is 11.5 Å². The zero-order valence-corrected chi connectivity index (χ0v) is 18.6. The van der Waals surface area contributed by atoms with Crippen molar-refractivity contribution >= 4 is 34.7 Å². The van der Waals surface area contributed by atoms with Crippen molar-refractivity contribution in [3.05, 3.63) is 87.8 Å². The molecule has 1 saturated heterocycles. The van der Waals surface area contributed by atoms with Crippen LogP contribution in [0.1, 0.15) is 35.6 Å². The Morgan fingerprint density at radius 1 is 1.09 bits per heavy atom. The third-order valence-corrected chi connectivity index (χ3v) is 5.58. The van der Waals surface area contributed by atoms with Gasteiger partial charge in [0.25, 0.3) is 11.7 Å². The van der Waals surface area contributed by atoms with Crippen molar-refractivity contribution < 1.29 is 23.8 Å². The number of furan rings is 1. The molecule has 0 aliphatic carbocycles. The van der Waals surface area contributed by atoms with Crippen LogP contribution in [0.25, 0.3) is 5.76 Å². The molecule has 4 rings (SSSR count). The highest BCUT2D eigenvalue weighted by Crippen LogP contribution is 2.43. The van der Waals surface area contributed by atoms with Gasteiger partial charge in [-0.25, -0.2) is 0 Å². The number of amides is 1. The highest BCUT2D eigenvalue weighted by Gasteiger charge is 2.48. The number of aliphatic hydroxyl groups excluding tert-OH is 1. The molecule has 1 aromatic heterocycles. The Morgan fingerprint density at radius 3 is 2.41 bits per heavy atom. The Morgan fingerprint density at radius 2 is 1.81 bits per heavy atom. The van der Waals surface area contributed by atoms with Crippen LogP contribution in [0.15, 0.2) is 64.6 Å². The first kappa shape index (κ1) is 21.7. The summed E-state index contributed by atoms with van der Waals surface area (Å²) in [5, 5.41) is 11.7. The van der Waals surface area contributed by atoms with Crippen LogP contribution in [0, 0.1) is 13.8 Å². The van der Waals surface area contributed by atoms with Gasteiger partial charge in [0.2, 0.25) is 0 Å². The monoisotopic (exact) mass is 451 g/mol. The summed E-state index contributed by atoms with van der Waals surface area (Å²) in [6.07, 6.45) is 0. The first-order chi connectivity index (χ1) is 15.3. The molecule has 164 valence electrons. The summed E-state index contributed by atoms with van der Waals surface area (Å²) in [5.74, 6) is -0.132. The number of carbonyl (C=O) groups excluding carboxylic acids is 2. The molecule has 2 aromatic carbocycles. The predicted octanol–water partition coefficient (Wildman–Crippen LogP) is 5.57. The lowest BCUT2D eigenvalue weighted by Crippen LogP contribution is -2.29. The van der Waals surface area contributed by atoms with Gasteiger partial charge in [0.1, 0.15) is 29.1 Å². The van der Waals surface area contributed by atoms with Crippen molar-refractivity contribution in [2.45, 2.75) is 26.8 Å². The first-order valence-electron chi connectivity index (χ1n) is 10.2. The minimum Gasteiger partial charge on any atom is -0.507 e. The zero-order chi connectivity index (χ0) is 23.0. The van der Waals surface area contributed by atoms with Gasteiger partial charge in [-0.2, -0.15) is 0 Å². The van der Waals surface area contributed by atoms with E-state index in [0.29, 0.717) is 40.2 Å². The SMILES string of the molecule is CCOc1ccc(/C(O)=C2/C(=O)C(=O)N(c3ccc(Cl)cc3)C2c2ccc(C)o2)cc1C. The molecular formula is C25H22ClNO5. The minimum atomic E-state index is -0.920. The van der Waals surface area contributed by atoms with E-state index in [1.807, 2.05) is 13.8 Å². The maximum atomic E-state index is 13.1. The highest BCUT2D eigenvalue weighted by atomic mass is 35.5. The summed E-state index contributed by atoms with van der Waals surface area (Å²) in [6.45, 7) is 6.02. The van der Waals surface area contributed by atoms with Gasteiger partial charge in [0.15, 0.2) is 0 Å². The van der Waals surface area contributed by atoms with Gasteiger partial charge in [-0.1, -0.05) is 11.6 Å². The number of aliphatic hydroxyl groups is 1. The molecule has 32 heavy (non-hydrogen) atoms. The van der Waals surface area contributed by atoms with Crippen LogP contribution >= 0.6 is 11.6 Å². The lowest BCUT2D eigenvalue weighted by molar-refractivity contribution is -0.132. The maximum absolute atomic E-state index is 13.1. The largest absolute Gasteiger partial charge is 0.507 e. The van der Waals surface area contributed by atoms with Crippen molar-refractivity contribution in [1.29, 1.82) is 0 Å². The smallest absolute Gasteiger partial charge is 0.300 e. The molecule has 1 aliphatic heterocycles. The van der Waals surface area contributed by atoms with Gasteiger partial charge in [0.05, 0.1) is 12.2 Å². The van der Waals surface area contributed by atoms with E-state index in [2.05, 4.69) is 0 Å². The maximum Gasteiger partial charge on any atom is 0.300 e. The third kappa shape index (κ3) is 3.78. The Balaban J connectivity index is 1.89. The van der Waals surface area contributed by atoms with Crippen molar-refractivity contribution in [2.24, 2.45) is 0 Å². The van der Waals surface area contributed by atoms with E-state index in [4.69, 9.17) is 20.8 Å². The van der Waals surface area contributed by atoms with Gasteiger partial charge < -0.3 is 14.3 Å². The fourth-order valence-corrected chi connectivity index (χ4v) is 3.97. The summed E-state index contributed by atoms with van der Waals surface area (Å²) in [6, 6.07) is 14.2. The second kappa shape index (κ2) is 8.55. The number of hydrogen-bond acceptors (Lipinski definition) is 5. The molecule has 0 saturated carbocycles. The van der Waals surface area contributed by atoms with Gasteiger partial charge >= 0.3 is 0 Å². The number of Topliss-reactive ketones (excluding diaryl/α,β-unsaturated/α-hetero) is 1. The number of hydrogen-bond donors (Lipinski definition) is 1. The van der Waals surface area contributed by atoms with Crippen LogP contribution in [-0.4, -0.2) is 23.4 Å². The quantitative estimate of drug-likeness (QED) is 0.311. The molecule has 1 aliphatic rings. The van der Waals surface area contributed by atoms with Crippen molar-refractivity contribution in [3.63, 3.8) is 0 Å². The normalized spacial score (nSPS) is 17.8. The van der Waals surface area contributed by atoms with Crippen LogP contribution < -0.4 is 9.64 Å². The summed E-state index contributed by atoms with van der Waals surface area (Å²) in [5.41, 5.74) is 1.64.